The third-order valence-corrected chi connectivity index (χ3v) is 18.7. The molecule has 19 heteroatoms. The van der Waals surface area contributed by atoms with Gasteiger partial charge in [-0.15, -0.1) is 0 Å². The van der Waals surface area contributed by atoms with Crippen molar-refractivity contribution in [3.05, 3.63) is 0 Å². The Morgan fingerprint density at radius 1 is 0.272 bits per heavy atom. The number of ether oxygens (including phenoxy) is 4. The fraction of sp³-hybridized carbons (Fsp3) is 0.945. The maximum Gasteiger partial charge on any atom is 0.472 e. The van der Waals surface area contributed by atoms with Crippen LogP contribution in [0.5, 0.6) is 0 Å². The number of aliphatic hydroxyl groups excluding tert-OH is 1. The summed E-state index contributed by atoms with van der Waals surface area (Å²) in [5.74, 6) is 0.811. The molecule has 0 saturated heterocycles. The number of esters is 4. The molecular formula is C73H142O17P2. The lowest BCUT2D eigenvalue weighted by atomic mass is 10.0. The van der Waals surface area contributed by atoms with Crippen molar-refractivity contribution in [1.29, 1.82) is 0 Å². The summed E-state index contributed by atoms with van der Waals surface area (Å²) in [5, 5.41) is 10.6. The van der Waals surface area contributed by atoms with Crippen LogP contribution in [0.3, 0.4) is 0 Å². The molecule has 0 spiro atoms. The van der Waals surface area contributed by atoms with Gasteiger partial charge >= 0.3 is 39.5 Å². The Bertz CT molecular complexity index is 1820. The zero-order valence-corrected chi connectivity index (χ0v) is 62.0. The van der Waals surface area contributed by atoms with E-state index in [9.17, 15) is 43.2 Å². The van der Waals surface area contributed by atoms with Crippen molar-refractivity contribution in [2.24, 2.45) is 23.7 Å². The summed E-state index contributed by atoms with van der Waals surface area (Å²) < 4.78 is 68.3. The highest BCUT2D eigenvalue weighted by Gasteiger charge is 2.30. The lowest BCUT2D eigenvalue weighted by Crippen LogP contribution is -2.30. The number of phosphoric acid groups is 2. The minimum atomic E-state index is -4.95. The van der Waals surface area contributed by atoms with E-state index in [1.807, 2.05) is 0 Å². The van der Waals surface area contributed by atoms with Crippen molar-refractivity contribution in [3.63, 3.8) is 0 Å². The molecule has 0 aromatic carbocycles. The average Bonchev–Trinajstić information content (AvgIpc) is 3.56. The maximum absolute atomic E-state index is 13.0. The minimum Gasteiger partial charge on any atom is -0.462 e. The first-order chi connectivity index (χ1) is 44.1. The molecule has 3 N–H and O–H groups in total. The molecule has 17 nitrogen and oxygen atoms in total. The quantitative estimate of drug-likeness (QED) is 0.0222. The summed E-state index contributed by atoms with van der Waals surface area (Å²) in [6.07, 6.45) is 46.3. The van der Waals surface area contributed by atoms with Gasteiger partial charge in [-0.05, 0) is 49.4 Å². The SMILES string of the molecule is CC(C)CCCCCCCCCCCCCCCCCCCCC(=O)OC[C@H](COP(=O)(O)OCC(O)COP(=O)(O)OC[C@@H](COC(=O)CCCCCCCCCC(C)C)OC(=O)CCCCCCCCCC(C)C)OC(=O)CCCCCCCCCCC(C)C. The van der Waals surface area contributed by atoms with Gasteiger partial charge in [-0.2, -0.15) is 0 Å². The molecule has 0 aromatic rings. The van der Waals surface area contributed by atoms with Crippen molar-refractivity contribution in [2.75, 3.05) is 39.6 Å². The standard InChI is InChI=1S/C73H142O17P2/c1-63(2)49-41-33-25-19-17-15-13-11-9-10-12-14-16-18-20-29-37-45-53-70(75)83-59-68(89-72(77)55-47-39-30-22-21-26-34-42-50-64(3)4)61-87-91(79,80)85-57-67(74)58-86-92(81,82)88-62-69(90-73(78)56-48-40-32-24-28-36-44-52-66(7)8)60-84-71(76)54-46-38-31-23-27-35-43-51-65(5)6/h63-69,74H,9-62H2,1-8H3,(H,79,80)(H,81,82)/t67?,68-,69-/m1/s1. The molecule has 0 aromatic heterocycles. The third-order valence-electron chi connectivity index (χ3n) is 16.8. The van der Waals surface area contributed by atoms with E-state index >= 15 is 0 Å². The van der Waals surface area contributed by atoms with Gasteiger partial charge in [-0.3, -0.25) is 37.3 Å². The van der Waals surface area contributed by atoms with E-state index in [0.29, 0.717) is 37.5 Å². The number of unbranched alkanes of at least 4 members (excludes halogenated alkanes) is 36. The third kappa shape index (κ3) is 66.7. The summed E-state index contributed by atoms with van der Waals surface area (Å²) >= 11 is 0. The predicted molar refractivity (Wildman–Crippen MR) is 372 cm³/mol. The molecule has 0 amide bonds. The monoisotopic (exact) mass is 1350 g/mol. The molecule has 0 aliphatic heterocycles. The van der Waals surface area contributed by atoms with Crippen molar-refractivity contribution in [3.8, 4) is 0 Å². The van der Waals surface area contributed by atoms with E-state index in [1.54, 1.807) is 0 Å². The molecule has 0 aliphatic carbocycles. The molecule has 0 aliphatic rings. The number of phosphoric ester groups is 2. The highest BCUT2D eigenvalue weighted by Crippen LogP contribution is 2.45. The second-order valence-corrected chi connectivity index (χ2v) is 31.1. The zero-order valence-electron chi connectivity index (χ0n) is 60.2. The Morgan fingerprint density at radius 2 is 0.457 bits per heavy atom. The smallest absolute Gasteiger partial charge is 0.462 e. The minimum absolute atomic E-state index is 0.102. The molecule has 0 bridgehead atoms. The zero-order chi connectivity index (χ0) is 68.2. The first kappa shape index (κ1) is 90.1. The van der Waals surface area contributed by atoms with E-state index in [-0.39, 0.29) is 25.7 Å². The van der Waals surface area contributed by atoms with Gasteiger partial charge in [0, 0.05) is 25.7 Å². The highest BCUT2D eigenvalue weighted by molar-refractivity contribution is 7.47. The van der Waals surface area contributed by atoms with Gasteiger partial charge < -0.3 is 33.8 Å². The number of hydrogen-bond donors (Lipinski definition) is 3. The molecule has 0 rings (SSSR count). The second kappa shape index (κ2) is 62.6. The van der Waals surface area contributed by atoms with Crippen molar-refractivity contribution >= 4 is 39.5 Å². The Kier molecular flexibility index (Phi) is 61.3. The number of hydrogen-bond acceptors (Lipinski definition) is 15. The lowest BCUT2D eigenvalue weighted by Gasteiger charge is -2.21. The van der Waals surface area contributed by atoms with Gasteiger partial charge in [0.2, 0.25) is 0 Å². The van der Waals surface area contributed by atoms with E-state index in [2.05, 4.69) is 55.4 Å². The normalized spacial score (nSPS) is 14.2. The van der Waals surface area contributed by atoms with Gasteiger partial charge in [0.05, 0.1) is 26.4 Å². The average molecular weight is 1350 g/mol. The lowest BCUT2D eigenvalue weighted by molar-refractivity contribution is -0.161. The second-order valence-electron chi connectivity index (χ2n) is 28.2. The van der Waals surface area contributed by atoms with E-state index < -0.39 is 97.5 Å². The van der Waals surface area contributed by atoms with Crippen LogP contribution in [0.25, 0.3) is 0 Å². The molecule has 5 atom stereocenters. The van der Waals surface area contributed by atoms with Crippen LogP contribution in [0, 0.1) is 23.7 Å². The highest BCUT2D eigenvalue weighted by atomic mass is 31.2. The number of carbonyl (C=O) groups excluding carboxylic acids is 4. The van der Waals surface area contributed by atoms with Crippen LogP contribution in [-0.4, -0.2) is 96.7 Å². The summed E-state index contributed by atoms with van der Waals surface area (Å²) in [4.78, 5) is 72.5. The van der Waals surface area contributed by atoms with E-state index in [4.69, 9.17) is 37.0 Å². The Morgan fingerprint density at radius 3 is 0.674 bits per heavy atom. The van der Waals surface area contributed by atoms with Crippen LogP contribution < -0.4 is 0 Å². The van der Waals surface area contributed by atoms with Crippen LogP contribution >= 0.6 is 15.6 Å². The molecular weight excluding hydrogens is 1210 g/mol. The van der Waals surface area contributed by atoms with E-state index in [1.165, 1.54) is 161 Å². The molecule has 0 heterocycles. The topological polar surface area (TPSA) is 237 Å². The van der Waals surface area contributed by atoms with Crippen LogP contribution in [0.4, 0.5) is 0 Å². The first-order valence-electron chi connectivity index (χ1n) is 37.7. The van der Waals surface area contributed by atoms with Crippen molar-refractivity contribution < 1.29 is 80.2 Å². The number of carbonyl (C=O) groups is 4. The van der Waals surface area contributed by atoms with Crippen LogP contribution in [0.2, 0.25) is 0 Å². The largest absolute Gasteiger partial charge is 0.472 e. The van der Waals surface area contributed by atoms with Crippen LogP contribution in [0.1, 0.15) is 364 Å². The molecule has 0 radical (unpaired) electrons. The Balaban J connectivity index is 5.14. The van der Waals surface area contributed by atoms with Crippen LogP contribution in [0.15, 0.2) is 0 Å². The number of rotatable bonds is 70. The first-order valence-corrected chi connectivity index (χ1v) is 40.7. The van der Waals surface area contributed by atoms with Crippen LogP contribution in [-0.2, 0) is 65.4 Å². The van der Waals surface area contributed by atoms with Gasteiger partial charge in [0.1, 0.15) is 19.3 Å². The molecule has 3 unspecified atom stereocenters. The van der Waals surface area contributed by atoms with Crippen molar-refractivity contribution in [1.82, 2.24) is 0 Å². The summed E-state index contributed by atoms with van der Waals surface area (Å²) in [6, 6.07) is 0. The van der Waals surface area contributed by atoms with Crippen molar-refractivity contribution in [2.45, 2.75) is 382 Å². The Hall–Kier alpha value is -1.94. The van der Waals surface area contributed by atoms with Gasteiger partial charge in [-0.1, -0.05) is 312 Å². The molecule has 0 saturated carbocycles. The molecule has 92 heavy (non-hydrogen) atoms. The molecule has 0 fully saturated rings. The van der Waals surface area contributed by atoms with E-state index in [0.717, 1.165) is 108 Å². The van der Waals surface area contributed by atoms with Gasteiger partial charge in [-0.25, -0.2) is 9.13 Å². The van der Waals surface area contributed by atoms with Gasteiger partial charge in [0.25, 0.3) is 0 Å². The van der Waals surface area contributed by atoms with Gasteiger partial charge in [0.15, 0.2) is 12.2 Å². The fourth-order valence-corrected chi connectivity index (χ4v) is 12.6. The summed E-state index contributed by atoms with van der Waals surface area (Å²) in [5.41, 5.74) is 0. The summed E-state index contributed by atoms with van der Waals surface area (Å²) in [7, 11) is -9.90. The molecule has 546 valence electrons. The maximum atomic E-state index is 13.0. The fourth-order valence-electron chi connectivity index (χ4n) is 11.0. The summed E-state index contributed by atoms with van der Waals surface area (Å²) in [6.45, 7) is 14.0. The number of aliphatic hydroxyl groups is 1. The Labute approximate surface area is 562 Å². The predicted octanol–water partition coefficient (Wildman–Crippen LogP) is 20.9.